The van der Waals surface area contributed by atoms with E-state index in [1.165, 1.54) is 0 Å². The molecule has 2 aromatic rings. The van der Waals surface area contributed by atoms with Gasteiger partial charge in [-0.3, -0.25) is 4.79 Å². The van der Waals surface area contributed by atoms with Crippen LogP contribution in [0.3, 0.4) is 0 Å². The molecule has 2 rings (SSSR count). The quantitative estimate of drug-likeness (QED) is 0.372. The molecular weight excluding hydrogens is 352 g/mol. The van der Waals surface area contributed by atoms with Crippen molar-refractivity contribution in [3.05, 3.63) is 71.8 Å². The van der Waals surface area contributed by atoms with Crippen molar-refractivity contribution < 1.29 is 19.1 Å². The predicted octanol–water partition coefficient (Wildman–Crippen LogP) is 5.83. The lowest BCUT2D eigenvalue weighted by atomic mass is 9.67. The molecule has 0 saturated heterocycles. The summed E-state index contributed by atoms with van der Waals surface area (Å²) in [7, 11) is 0. The molecular formula is C24H28O4. The highest BCUT2D eigenvalue weighted by Crippen LogP contribution is 2.42. The Kier molecular flexibility index (Phi) is 6.45. The van der Waals surface area contributed by atoms with Gasteiger partial charge in [0.15, 0.2) is 0 Å². The maximum Gasteiger partial charge on any atom is 0.347 e. The number of hydrogen-bond donors (Lipinski definition) is 0. The number of benzene rings is 2. The molecule has 2 aromatic carbocycles. The van der Waals surface area contributed by atoms with E-state index in [4.69, 9.17) is 9.47 Å². The molecule has 0 radical (unpaired) electrons. The van der Waals surface area contributed by atoms with Gasteiger partial charge in [-0.2, -0.15) is 0 Å². The van der Waals surface area contributed by atoms with Crippen molar-refractivity contribution in [3.8, 4) is 11.5 Å². The van der Waals surface area contributed by atoms with Gasteiger partial charge in [-0.25, -0.2) is 4.79 Å². The van der Waals surface area contributed by atoms with E-state index in [-0.39, 0.29) is 16.7 Å². The molecule has 0 aromatic heterocycles. The zero-order valence-electron chi connectivity index (χ0n) is 17.4. The van der Waals surface area contributed by atoms with Gasteiger partial charge in [-0.15, -0.1) is 0 Å². The SMILES string of the molecule is CC(C)=CC(C)(C(=O)Oc1ccccc1C(=O)Oc1ccccc1)C(C)(C)C. The van der Waals surface area contributed by atoms with Crippen molar-refractivity contribution in [2.75, 3.05) is 0 Å². The van der Waals surface area contributed by atoms with Gasteiger partial charge < -0.3 is 9.47 Å². The zero-order chi connectivity index (χ0) is 20.9. The Bertz CT molecular complexity index is 871. The molecule has 0 spiro atoms. The van der Waals surface area contributed by atoms with Crippen LogP contribution in [0.5, 0.6) is 11.5 Å². The fraction of sp³-hybridized carbons (Fsp3) is 0.333. The van der Waals surface area contributed by atoms with E-state index in [9.17, 15) is 9.59 Å². The number of ether oxygens (including phenoxy) is 2. The second-order valence-electron chi connectivity index (χ2n) is 8.26. The summed E-state index contributed by atoms with van der Waals surface area (Å²) in [6, 6.07) is 15.4. The Morgan fingerprint density at radius 3 is 1.96 bits per heavy atom. The molecule has 0 bridgehead atoms. The lowest BCUT2D eigenvalue weighted by molar-refractivity contribution is -0.147. The Balaban J connectivity index is 2.33. The standard InChI is InChI=1S/C24H28O4/c1-17(2)16-24(6,23(3,4)5)22(26)28-20-15-11-10-14-19(20)21(25)27-18-12-8-7-9-13-18/h7-16H,1-6H3. The Morgan fingerprint density at radius 2 is 1.39 bits per heavy atom. The molecule has 4 heteroatoms. The first-order valence-corrected chi connectivity index (χ1v) is 9.29. The van der Waals surface area contributed by atoms with Crippen LogP contribution >= 0.6 is 0 Å². The number of esters is 2. The highest BCUT2D eigenvalue weighted by atomic mass is 16.6. The van der Waals surface area contributed by atoms with Gasteiger partial charge >= 0.3 is 11.9 Å². The van der Waals surface area contributed by atoms with E-state index in [2.05, 4.69) is 0 Å². The summed E-state index contributed by atoms with van der Waals surface area (Å²) in [5.74, 6) is -0.376. The van der Waals surface area contributed by atoms with Crippen LogP contribution in [0, 0.1) is 10.8 Å². The van der Waals surface area contributed by atoms with E-state index < -0.39 is 17.4 Å². The van der Waals surface area contributed by atoms with Gasteiger partial charge in [-0.05, 0) is 50.5 Å². The summed E-state index contributed by atoms with van der Waals surface area (Å²) < 4.78 is 11.1. The molecule has 0 fully saturated rings. The first-order valence-electron chi connectivity index (χ1n) is 9.29. The van der Waals surface area contributed by atoms with E-state index in [1.807, 2.05) is 53.7 Å². The van der Waals surface area contributed by atoms with Crippen LogP contribution in [0.4, 0.5) is 0 Å². The normalized spacial score (nSPS) is 13.2. The number of rotatable bonds is 5. The van der Waals surface area contributed by atoms with Gasteiger partial charge in [0.25, 0.3) is 0 Å². The van der Waals surface area contributed by atoms with Crippen molar-refractivity contribution in [3.63, 3.8) is 0 Å². The minimum atomic E-state index is -0.859. The smallest absolute Gasteiger partial charge is 0.347 e. The van der Waals surface area contributed by atoms with Gasteiger partial charge in [0.05, 0.1) is 5.41 Å². The number of hydrogen-bond acceptors (Lipinski definition) is 4. The second-order valence-corrected chi connectivity index (χ2v) is 8.26. The summed E-state index contributed by atoms with van der Waals surface area (Å²) in [5.41, 5.74) is -0.0114. The lowest BCUT2D eigenvalue weighted by Crippen LogP contribution is -2.42. The van der Waals surface area contributed by atoms with Gasteiger partial charge in [-0.1, -0.05) is 62.8 Å². The number of para-hydroxylation sites is 2. The van der Waals surface area contributed by atoms with Crippen LogP contribution in [0.2, 0.25) is 0 Å². The van der Waals surface area contributed by atoms with Gasteiger partial charge in [0, 0.05) is 0 Å². The van der Waals surface area contributed by atoms with Crippen LogP contribution in [-0.4, -0.2) is 11.9 Å². The molecule has 0 saturated carbocycles. The van der Waals surface area contributed by atoms with E-state index >= 15 is 0 Å². The highest BCUT2D eigenvalue weighted by molar-refractivity contribution is 5.95. The third-order valence-electron chi connectivity index (χ3n) is 4.82. The van der Waals surface area contributed by atoms with E-state index in [1.54, 1.807) is 48.5 Å². The van der Waals surface area contributed by atoms with Crippen molar-refractivity contribution in [2.24, 2.45) is 10.8 Å². The molecule has 4 nitrogen and oxygen atoms in total. The maximum atomic E-state index is 13.1. The second kappa shape index (κ2) is 8.42. The summed E-state index contributed by atoms with van der Waals surface area (Å²) in [6.45, 7) is 11.7. The molecule has 1 atom stereocenters. The zero-order valence-corrected chi connectivity index (χ0v) is 17.4. The van der Waals surface area contributed by atoms with Crippen LogP contribution in [-0.2, 0) is 4.79 Å². The largest absolute Gasteiger partial charge is 0.425 e. The predicted molar refractivity (Wildman–Crippen MR) is 110 cm³/mol. The Morgan fingerprint density at radius 1 is 0.821 bits per heavy atom. The first-order chi connectivity index (χ1) is 13.0. The molecule has 0 aliphatic heterocycles. The molecule has 0 amide bonds. The van der Waals surface area contributed by atoms with Gasteiger partial charge in [0.2, 0.25) is 0 Å². The maximum absolute atomic E-state index is 13.1. The lowest BCUT2D eigenvalue weighted by Gasteiger charge is -2.37. The molecule has 1 unspecified atom stereocenters. The third kappa shape index (κ3) is 4.89. The molecule has 0 heterocycles. The van der Waals surface area contributed by atoms with E-state index in [0.717, 1.165) is 5.57 Å². The fourth-order valence-electron chi connectivity index (χ4n) is 2.74. The molecule has 0 N–H and O–H groups in total. The van der Waals surface area contributed by atoms with Crippen molar-refractivity contribution in [1.29, 1.82) is 0 Å². The average molecular weight is 380 g/mol. The van der Waals surface area contributed by atoms with Crippen molar-refractivity contribution >= 4 is 11.9 Å². The van der Waals surface area contributed by atoms with Gasteiger partial charge in [0.1, 0.15) is 17.1 Å². The number of carbonyl (C=O) groups excluding carboxylic acids is 2. The average Bonchev–Trinajstić information content (AvgIpc) is 2.61. The topological polar surface area (TPSA) is 52.6 Å². The molecule has 0 aliphatic rings. The third-order valence-corrected chi connectivity index (χ3v) is 4.82. The minimum absolute atomic E-state index is 0.186. The molecule has 28 heavy (non-hydrogen) atoms. The highest BCUT2D eigenvalue weighted by Gasteiger charge is 2.44. The number of carbonyl (C=O) groups is 2. The minimum Gasteiger partial charge on any atom is -0.425 e. The molecule has 148 valence electrons. The van der Waals surface area contributed by atoms with Crippen LogP contribution in [0.1, 0.15) is 51.9 Å². The van der Waals surface area contributed by atoms with Crippen LogP contribution in [0.15, 0.2) is 66.2 Å². The van der Waals surface area contributed by atoms with Crippen molar-refractivity contribution in [2.45, 2.75) is 41.5 Å². The summed E-state index contributed by atoms with van der Waals surface area (Å²) in [4.78, 5) is 25.7. The molecule has 0 aliphatic carbocycles. The monoisotopic (exact) mass is 380 g/mol. The summed E-state index contributed by atoms with van der Waals surface area (Å²) in [5, 5.41) is 0. The van der Waals surface area contributed by atoms with Crippen LogP contribution in [0.25, 0.3) is 0 Å². The Labute approximate surface area is 167 Å². The summed E-state index contributed by atoms with van der Waals surface area (Å²) in [6.07, 6.45) is 1.92. The Hall–Kier alpha value is -2.88. The first kappa shape index (κ1) is 21.4. The number of allylic oxidation sites excluding steroid dienone is 1. The van der Waals surface area contributed by atoms with Crippen LogP contribution < -0.4 is 9.47 Å². The van der Waals surface area contributed by atoms with Crippen molar-refractivity contribution in [1.82, 2.24) is 0 Å². The van der Waals surface area contributed by atoms with E-state index in [0.29, 0.717) is 5.75 Å². The summed E-state index contributed by atoms with van der Waals surface area (Å²) >= 11 is 0. The fourth-order valence-corrected chi connectivity index (χ4v) is 2.74.